The molecule has 0 saturated carbocycles. The first-order valence-corrected chi connectivity index (χ1v) is 7.28. The number of benzene rings is 1. The van der Waals surface area contributed by atoms with E-state index in [-0.39, 0.29) is 11.5 Å². The van der Waals surface area contributed by atoms with Crippen molar-refractivity contribution in [3.8, 4) is 0 Å². The highest BCUT2D eigenvalue weighted by Crippen LogP contribution is 2.40. The van der Waals surface area contributed by atoms with Crippen LogP contribution >= 0.6 is 0 Å². The van der Waals surface area contributed by atoms with E-state index >= 15 is 0 Å². The van der Waals surface area contributed by atoms with E-state index in [1.807, 2.05) is 6.07 Å². The summed E-state index contributed by atoms with van der Waals surface area (Å²) in [7, 11) is 0. The van der Waals surface area contributed by atoms with Gasteiger partial charge < -0.3 is 4.74 Å². The number of ether oxygens (including phenoxy) is 1. The van der Waals surface area contributed by atoms with E-state index in [0.717, 1.165) is 18.4 Å². The lowest BCUT2D eigenvalue weighted by Crippen LogP contribution is -2.29. The topological polar surface area (TPSA) is 58.0 Å². The van der Waals surface area contributed by atoms with Gasteiger partial charge in [-0.2, -0.15) is 0 Å². The second kappa shape index (κ2) is 6.79. The first kappa shape index (κ1) is 15.6. The number of rotatable bonds is 5. The van der Waals surface area contributed by atoms with E-state index < -0.39 is 0 Å². The molecule has 0 bridgehead atoms. The molecule has 0 amide bonds. The Morgan fingerprint density at radius 3 is 3.00 bits per heavy atom. The quantitative estimate of drug-likeness (QED) is 0.430. The van der Waals surface area contributed by atoms with Crippen LogP contribution in [0.15, 0.2) is 35.5 Å². The minimum absolute atomic E-state index is 0.0182. The van der Waals surface area contributed by atoms with E-state index in [0.29, 0.717) is 13.2 Å². The van der Waals surface area contributed by atoms with Crippen molar-refractivity contribution in [2.75, 3.05) is 6.61 Å². The Kier molecular flexibility index (Phi) is 5.05. The Balaban J connectivity index is 2.27. The van der Waals surface area contributed by atoms with Gasteiger partial charge in [0.15, 0.2) is 0 Å². The number of azide groups is 1. The molecule has 1 radical (unpaired) electrons. The Bertz CT molecular complexity index is 571. The van der Waals surface area contributed by atoms with Gasteiger partial charge in [0.25, 0.3) is 0 Å². The monoisotopic (exact) mass is 284 g/mol. The van der Waals surface area contributed by atoms with E-state index in [9.17, 15) is 0 Å². The van der Waals surface area contributed by atoms with Gasteiger partial charge in [0, 0.05) is 11.5 Å². The van der Waals surface area contributed by atoms with Gasteiger partial charge in [0.05, 0.1) is 12.6 Å². The van der Waals surface area contributed by atoms with Gasteiger partial charge in [-0.1, -0.05) is 43.2 Å². The number of hydrogen-bond acceptors (Lipinski definition) is 2. The van der Waals surface area contributed by atoms with Crippen molar-refractivity contribution in [3.05, 3.63) is 58.8 Å². The lowest BCUT2D eigenvalue weighted by atomic mass is 9.73. The van der Waals surface area contributed by atoms with Gasteiger partial charge in [-0.05, 0) is 53.5 Å². The molecule has 1 aromatic carbocycles. The third-order valence-electron chi connectivity index (χ3n) is 4.09. The second-order valence-electron chi connectivity index (χ2n) is 6.08. The SMILES string of the molecule is [CH2]COCc1cccc(C2=CC(N=[N+]=[N-])C(C)(C)CC2)c1. The van der Waals surface area contributed by atoms with Crippen LogP contribution < -0.4 is 0 Å². The summed E-state index contributed by atoms with van der Waals surface area (Å²) in [6, 6.07) is 8.25. The predicted octanol–water partition coefficient (Wildman–Crippen LogP) is 4.92. The first-order chi connectivity index (χ1) is 10.1. The van der Waals surface area contributed by atoms with Gasteiger partial charge in [-0.15, -0.1) is 0 Å². The van der Waals surface area contributed by atoms with Crippen LogP contribution in [0.2, 0.25) is 0 Å². The average Bonchev–Trinajstić information content (AvgIpc) is 2.48. The van der Waals surface area contributed by atoms with Crippen molar-refractivity contribution < 1.29 is 4.74 Å². The summed E-state index contributed by atoms with van der Waals surface area (Å²) in [5.41, 5.74) is 12.4. The van der Waals surface area contributed by atoms with Crippen LogP contribution in [0.1, 0.15) is 37.8 Å². The smallest absolute Gasteiger partial charge is 0.0717 e. The maximum atomic E-state index is 8.76. The van der Waals surface area contributed by atoms with E-state index in [2.05, 4.69) is 55.1 Å². The normalized spacial score (nSPS) is 20.5. The molecule has 1 atom stereocenters. The maximum Gasteiger partial charge on any atom is 0.0717 e. The largest absolute Gasteiger partial charge is 0.377 e. The summed E-state index contributed by atoms with van der Waals surface area (Å²) in [5.74, 6) is 0. The molecule has 2 rings (SSSR count). The number of allylic oxidation sites excluding steroid dienone is 1. The minimum atomic E-state index is -0.0917. The van der Waals surface area contributed by atoms with Crippen molar-refractivity contribution in [2.24, 2.45) is 10.5 Å². The van der Waals surface area contributed by atoms with Crippen molar-refractivity contribution in [1.29, 1.82) is 0 Å². The summed E-state index contributed by atoms with van der Waals surface area (Å²) >= 11 is 0. The van der Waals surface area contributed by atoms with Crippen molar-refractivity contribution >= 4 is 5.57 Å². The summed E-state index contributed by atoms with van der Waals surface area (Å²) in [4.78, 5) is 2.99. The highest BCUT2D eigenvalue weighted by Gasteiger charge is 2.31. The molecule has 111 valence electrons. The van der Waals surface area contributed by atoms with E-state index in [4.69, 9.17) is 10.3 Å². The molecule has 1 unspecified atom stereocenters. The third kappa shape index (κ3) is 3.87. The summed E-state index contributed by atoms with van der Waals surface area (Å²) < 4.78 is 5.36. The zero-order valence-corrected chi connectivity index (χ0v) is 12.7. The molecule has 0 N–H and O–H groups in total. The molecule has 1 aliphatic carbocycles. The summed E-state index contributed by atoms with van der Waals surface area (Å²) in [6.07, 6.45) is 4.14. The molecule has 4 nitrogen and oxygen atoms in total. The number of nitrogens with zero attached hydrogens (tertiary/aromatic N) is 3. The van der Waals surface area contributed by atoms with Crippen LogP contribution in [0.3, 0.4) is 0 Å². The fourth-order valence-corrected chi connectivity index (χ4v) is 2.64. The average molecular weight is 284 g/mol. The lowest BCUT2D eigenvalue weighted by molar-refractivity contribution is 0.147. The Morgan fingerprint density at radius 2 is 2.29 bits per heavy atom. The second-order valence-corrected chi connectivity index (χ2v) is 6.08. The van der Waals surface area contributed by atoms with E-state index in [1.165, 1.54) is 11.1 Å². The van der Waals surface area contributed by atoms with Gasteiger partial charge in [0.1, 0.15) is 0 Å². The van der Waals surface area contributed by atoms with Gasteiger partial charge in [-0.3, -0.25) is 0 Å². The lowest BCUT2D eigenvalue weighted by Gasteiger charge is -2.34. The summed E-state index contributed by atoms with van der Waals surface area (Å²) in [6.45, 7) is 9.03. The van der Waals surface area contributed by atoms with Crippen LogP contribution in [0.5, 0.6) is 0 Å². The first-order valence-electron chi connectivity index (χ1n) is 7.28. The van der Waals surface area contributed by atoms with Crippen LogP contribution in [-0.4, -0.2) is 12.6 Å². The fourth-order valence-electron chi connectivity index (χ4n) is 2.64. The molecule has 21 heavy (non-hydrogen) atoms. The standard InChI is InChI=1S/C17H22N3O/c1-4-21-12-13-6-5-7-14(10-13)15-8-9-17(2,3)16(11-15)19-20-18/h5-7,10-11,16H,1,4,8-9,12H2,2-3H3. The van der Waals surface area contributed by atoms with Gasteiger partial charge in [0.2, 0.25) is 0 Å². The third-order valence-corrected chi connectivity index (χ3v) is 4.09. The van der Waals surface area contributed by atoms with Crippen molar-refractivity contribution in [1.82, 2.24) is 0 Å². The molecule has 0 heterocycles. The predicted molar refractivity (Wildman–Crippen MR) is 85.4 cm³/mol. The molecule has 0 aromatic heterocycles. The van der Waals surface area contributed by atoms with Crippen LogP contribution in [0, 0.1) is 12.3 Å². The molecule has 1 aliphatic rings. The van der Waals surface area contributed by atoms with Crippen LogP contribution in [0.25, 0.3) is 16.0 Å². The zero-order valence-electron chi connectivity index (χ0n) is 12.7. The molecule has 0 aliphatic heterocycles. The summed E-state index contributed by atoms with van der Waals surface area (Å²) in [5, 5.41) is 3.96. The zero-order chi connectivity index (χ0) is 15.3. The Labute approximate surface area is 126 Å². The van der Waals surface area contributed by atoms with E-state index in [1.54, 1.807) is 0 Å². The molecular weight excluding hydrogens is 262 g/mol. The molecule has 0 spiro atoms. The molecule has 0 saturated heterocycles. The van der Waals surface area contributed by atoms with Crippen LogP contribution in [-0.2, 0) is 11.3 Å². The van der Waals surface area contributed by atoms with Crippen LogP contribution in [0.4, 0.5) is 0 Å². The highest BCUT2D eigenvalue weighted by atomic mass is 16.5. The molecule has 4 heteroatoms. The van der Waals surface area contributed by atoms with Crippen molar-refractivity contribution in [2.45, 2.75) is 39.3 Å². The van der Waals surface area contributed by atoms with Crippen molar-refractivity contribution in [3.63, 3.8) is 0 Å². The fraction of sp³-hybridized carbons (Fsp3) is 0.471. The Hall–Kier alpha value is -1.77. The molecule has 0 fully saturated rings. The Morgan fingerprint density at radius 1 is 1.48 bits per heavy atom. The number of hydrogen-bond donors (Lipinski definition) is 0. The minimum Gasteiger partial charge on any atom is -0.377 e. The van der Waals surface area contributed by atoms with Gasteiger partial charge >= 0.3 is 0 Å². The molecule has 1 aromatic rings. The molecular formula is C17H22N3O. The highest BCUT2D eigenvalue weighted by molar-refractivity contribution is 5.68. The van der Waals surface area contributed by atoms with Gasteiger partial charge in [-0.25, -0.2) is 0 Å². The maximum absolute atomic E-state index is 8.76.